The molecule has 2 aromatic rings. The van der Waals surface area contributed by atoms with Gasteiger partial charge in [0, 0.05) is 6.54 Å². The first kappa shape index (κ1) is 14.1. The van der Waals surface area contributed by atoms with Crippen LogP contribution in [0.3, 0.4) is 0 Å². The van der Waals surface area contributed by atoms with Crippen molar-refractivity contribution in [1.82, 2.24) is 5.32 Å². The molecule has 2 rings (SSSR count). The number of primary amides is 1. The highest BCUT2D eigenvalue weighted by molar-refractivity contribution is 5.75. The average Bonchev–Trinajstić information content (AvgIpc) is 2.42. The number of rotatable bonds is 5. The van der Waals surface area contributed by atoms with Gasteiger partial charge in [0.2, 0.25) is 5.91 Å². The molecule has 0 radical (unpaired) electrons. The molecule has 0 aromatic heterocycles. The minimum atomic E-state index is -0.866. The smallest absolute Gasteiger partial charge is 0.231 e. The number of benzene rings is 2. The van der Waals surface area contributed by atoms with Crippen molar-refractivity contribution in [2.45, 2.75) is 6.54 Å². The molecule has 0 bridgehead atoms. The lowest BCUT2D eigenvalue weighted by Crippen LogP contribution is -2.28. The van der Waals surface area contributed by atoms with Crippen molar-refractivity contribution in [2.24, 2.45) is 5.73 Å². The van der Waals surface area contributed by atoms with E-state index in [1.807, 2.05) is 24.3 Å². The predicted octanol–water partition coefficient (Wildman–Crippen LogP) is 2.21. The molecule has 0 aliphatic rings. The molecule has 0 aliphatic heterocycles. The zero-order valence-corrected chi connectivity index (χ0v) is 10.7. The Hall–Kier alpha value is -2.27. The van der Waals surface area contributed by atoms with Gasteiger partial charge in [-0.05, 0) is 28.8 Å². The first-order valence-electron chi connectivity index (χ1n) is 6.09. The number of hydrogen-bond donors (Lipinski definition) is 2. The topological polar surface area (TPSA) is 55.1 Å². The van der Waals surface area contributed by atoms with Crippen LogP contribution in [0.15, 0.2) is 42.5 Å². The van der Waals surface area contributed by atoms with Gasteiger partial charge < -0.3 is 11.1 Å². The van der Waals surface area contributed by atoms with Crippen LogP contribution in [-0.2, 0) is 11.3 Å². The standard InChI is InChI=1S/C15H14F2N2O/c16-13-6-5-12(7-14(13)17)11-3-1-10(2-4-11)8-19-9-15(18)20/h1-7,19H,8-9H2,(H2,18,20). The van der Waals surface area contributed by atoms with Crippen molar-refractivity contribution in [3.63, 3.8) is 0 Å². The molecule has 0 fully saturated rings. The molecular formula is C15H14F2N2O. The van der Waals surface area contributed by atoms with Gasteiger partial charge in [0.05, 0.1) is 6.54 Å². The quantitative estimate of drug-likeness (QED) is 0.879. The minimum Gasteiger partial charge on any atom is -0.369 e. The second-order valence-electron chi connectivity index (χ2n) is 4.40. The molecular weight excluding hydrogens is 262 g/mol. The fraction of sp³-hybridized carbons (Fsp3) is 0.133. The van der Waals surface area contributed by atoms with Crippen LogP contribution in [-0.4, -0.2) is 12.5 Å². The summed E-state index contributed by atoms with van der Waals surface area (Å²) in [5.41, 5.74) is 7.39. The molecule has 1 amide bonds. The molecule has 0 atom stereocenters. The van der Waals surface area contributed by atoms with Gasteiger partial charge >= 0.3 is 0 Å². The molecule has 0 aliphatic carbocycles. The van der Waals surface area contributed by atoms with Gasteiger partial charge in [-0.25, -0.2) is 8.78 Å². The van der Waals surface area contributed by atoms with Gasteiger partial charge in [-0.1, -0.05) is 30.3 Å². The highest BCUT2D eigenvalue weighted by Gasteiger charge is 2.04. The Morgan fingerprint density at radius 3 is 2.25 bits per heavy atom. The van der Waals surface area contributed by atoms with E-state index in [1.165, 1.54) is 6.07 Å². The molecule has 5 heteroatoms. The highest BCUT2D eigenvalue weighted by Crippen LogP contribution is 2.21. The van der Waals surface area contributed by atoms with Crippen molar-refractivity contribution >= 4 is 5.91 Å². The molecule has 0 saturated carbocycles. The van der Waals surface area contributed by atoms with E-state index in [0.717, 1.165) is 23.3 Å². The Labute approximate surface area is 115 Å². The maximum absolute atomic E-state index is 13.2. The summed E-state index contributed by atoms with van der Waals surface area (Å²) in [6, 6.07) is 11.1. The molecule has 0 saturated heterocycles. The van der Waals surface area contributed by atoms with Crippen molar-refractivity contribution in [2.75, 3.05) is 6.54 Å². The van der Waals surface area contributed by atoms with E-state index in [-0.39, 0.29) is 6.54 Å². The first-order chi connectivity index (χ1) is 9.56. The number of nitrogens with two attached hydrogens (primary N) is 1. The number of carbonyl (C=O) groups is 1. The Morgan fingerprint density at radius 2 is 1.65 bits per heavy atom. The second kappa shape index (κ2) is 6.25. The van der Waals surface area contributed by atoms with E-state index in [0.29, 0.717) is 12.1 Å². The third kappa shape index (κ3) is 3.61. The lowest BCUT2D eigenvalue weighted by molar-refractivity contribution is -0.117. The van der Waals surface area contributed by atoms with Gasteiger partial charge in [-0.3, -0.25) is 4.79 Å². The van der Waals surface area contributed by atoms with Gasteiger partial charge in [0.1, 0.15) is 0 Å². The Morgan fingerprint density at radius 1 is 1.00 bits per heavy atom. The number of carbonyl (C=O) groups excluding carboxylic acids is 1. The summed E-state index contributed by atoms with van der Waals surface area (Å²) < 4.78 is 26.0. The normalized spacial score (nSPS) is 10.5. The van der Waals surface area contributed by atoms with Crippen molar-refractivity contribution in [3.05, 3.63) is 59.7 Å². The summed E-state index contributed by atoms with van der Waals surface area (Å²) in [7, 11) is 0. The third-order valence-corrected chi connectivity index (χ3v) is 2.84. The van der Waals surface area contributed by atoms with Crippen LogP contribution in [0.4, 0.5) is 8.78 Å². The van der Waals surface area contributed by atoms with Crippen LogP contribution in [0, 0.1) is 11.6 Å². The first-order valence-corrected chi connectivity index (χ1v) is 6.09. The van der Waals surface area contributed by atoms with E-state index in [9.17, 15) is 13.6 Å². The summed E-state index contributed by atoms with van der Waals surface area (Å²) in [6.45, 7) is 0.631. The van der Waals surface area contributed by atoms with Gasteiger partial charge in [-0.2, -0.15) is 0 Å². The molecule has 104 valence electrons. The summed E-state index contributed by atoms with van der Waals surface area (Å²) in [5.74, 6) is -2.14. The fourth-order valence-corrected chi connectivity index (χ4v) is 1.82. The molecule has 2 aromatic carbocycles. The van der Waals surface area contributed by atoms with Crippen LogP contribution in [0.5, 0.6) is 0 Å². The lowest BCUT2D eigenvalue weighted by atomic mass is 10.0. The summed E-state index contributed by atoms with van der Waals surface area (Å²) in [5, 5.41) is 2.89. The largest absolute Gasteiger partial charge is 0.369 e. The van der Waals surface area contributed by atoms with E-state index in [1.54, 1.807) is 0 Å². The van der Waals surface area contributed by atoms with Gasteiger partial charge in [0.25, 0.3) is 0 Å². The zero-order valence-electron chi connectivity index (χ0n) is 10.7. The number of nitrogens with one attached hydrogen (secondary N) is 1. The maximum atomic E-state index is 13.2. The molecule has 0 heterocycles. The Kier molecular flexibility index (Phi) is 4.42. The Bertz CT molecular complexity index is 612. The van der Waals surface area contributed by atoms with Gasteiger partial charge in [0.15, 0.2) is 11.6 Å². The summed E-state index contributed by atoms with van der Waals surface area (Å²) in [6.07, 6.45) is 0. The van der Waals surface area contributed by atoms with Crippen molar-refractivity contribution in [3.8, 4) is 11.1 Å². The predicted molar refractivity (Wildman–Crippen MR) is 72.7 cm³/mol. The van der Waals surface area contributed by atoms with Crippen LogP contribution < -0.4 is 11.1 Å². The minimum absolute atomic E-state index is 0.116. The number of hydrogen-bond acceptors (Lipinski definition) is 2. The number of amides is 1. The number of halogens is 2. The SMILES string of the molecule is NC(=O)CNCc1ccc(-c2ccc(F)c(F)c2)cc1. The summed E-state index contributed by atoms with van der Waals surface area (Å²) >= 11 is 0. The van der Waals surface area contributed by atoms with Crippen LogP contribution >= 0.6 is 0 Å². The fourth-order valence-electron chi connectivity index (χ4n) is 1.82. The van der Waals surface area contributed by atoms with Crippen molar-refractivity contribution < 1.29 is 13.6 Å². The van der Waals surface area contributed by atoms with Gasteiger partial charge in [-0.15, -0.1) is 0 Å². The second-order valence-corrected chi connectivity index (χ2v) is 4.40. The van der Waals surface area contributed by atoms with Crippen LogP contribution in [0.2, 0.25) is 0 Å². The Balaban J connectivity index is 2.07. The monoisotopic (exact) mass is 276 g/mol. The molecule has 3 N–H and O–H groups in total. The van der Waals surface area contributed by atoms with E-state index in [4.69, 9.17) is 5.73 Å². The highest BCUT2D eigenvalue weighted by atomic mass is 19.2. The van der Waals surface area contributed by atoms with E-state index >= 15 is 0 Å². The average molecular weight is 276 g/mol. The van der Waals surface area contributed by atoms with E-state index < -0.39 is 17.5 Å². The zero-order chi connectivity index (χ0) is 14.5. The van der Waals surface area contributed by atoms with Crippen LogP contribution in [0.25, 0.3) is 11.1 Å². The molecule has 0 unspecified atom stereocenters. The molecule has 0 spiro atoms. The third-order valence-electron chi connectivity index (χ3n) is 2.84. The summed E-state index contributed by atoms with van der Waals surface area (Å²) in [4.78, 5) is 10.6. The molecule has 20 heavy (non-hydrogen) atoms. The molecule has 3 nitrogen and oxygen atoms in total. The lowest BCUT2D eigenvalue weighted by Gasteiger charge is -2.06. The maximum Gasteiger partial charge on any atom is 0.231 e. The van der Waals surface area contributed by atoms with E-state index in [2.05, 4.69) is 5.32 Å². The van der Waals surface area contributed by atoms with Crippen molar-refractivity contribution in [1.29, 1.82) is 0 Å². The van der Waals surface area contributed by atoms with Crippen LogP contribution in [0.1, 0.15) is 5.56 Å².